The minimum Gasteiger partial charge on any atom is -0.476 e. The Labute approximate surface area is 118 Å². The van der Waals surface area contributed by atoms with E-state index in [0.29, 0.717) is 21.3 Å². The number of carboxylic acids is 1. The Balaban J connectivity index is 2.54. The standard InChI is InChI=1S/C12H6Cl3NO2/c13-7-2-1-6(5-9(7)15)10-4-3-8(14)11(16-10)12(17)18/h1-5H,(H,17,18). The van der Waals surface area contributed by atoms with Gasteiger partial charge in [-0.1, -0.05) is 40.9 Å². The first kappa shape index (κ1) is 13.1. The van der Waals surface area contributed by atoms with Crippen LogP contribution in [0.3, 0.4) is 0 Å². The van der Waals surface area contributed by atoms with Gasteiger partial charge in [0.2, 0.25) is 0 Å². The van der Waals surface area contributed by atoms with Crippen molar-refractivity contribution in [2.75, 3.05) is 0 Å². The molecule has 0 radical (unpaired) electrons. The molecule has 0 fully saturated rings. The van der Waals surface area contributed by atoms with E-state index in [9.17, 15) is 4.79 Å². The molecule has 0 bridgehead atoms. The number of halogens is 3. The summed E-state index contributed by atoms with van der Waals surface area (Å²) in [5.74, 6) is -1.18. The third-order valence-corrected chi connectivity index (χ3v) is 3.31. The molecule has 1 aromatic carbocycles. The summed E-state index contributed by atoms with van der Waals surface area (Å²) in [6.45, 7) is 0. The normalized spacial score (nSPS) is 10.4. The van der Waals surface area contributed by atoms with Crippen molar-refractivity contribution in [2.45, 2.75) is 0 Å². The molecule has 0 aliphatic carbocycles. The van der Waals surface area contributed by atoms with Crippen LogP contribution < -0.4 is 0 Å². The molecule has 0 saturated carbocycles. The van der Waals surface area contributed by atoms with Gasteiger partial charge in [-0.15, -0.1) is 0 Å². The molecule has 0 saturated heterocycles. The molecule has 2 rings (SSSR count). The van der Waals surface area contributed by atoms with Gasteiger partial charge in [0.25, 0.3) is 0 Å². The summed E-state index contributed by atoms with van der Waals surface area (Å²) in [5, 5.41) is 9.83. The lowest BCUT2D eigenvalue weighted by Crippen LogP contribution is -2.02. The third kappa shape index (κ3) is 2.58. The highest BCUT2D eigenvalue weighted by Crippen LogP contribution is 2.28. The fraction of sp³-hybridized carbons (Fsp3) is 0. The van der Waals surface area contributed by atoms with E-state index >= 15 is 0 Å². The maximum absolute atomic E-state index is 10.9. The van der Waals surface area contributed by atoms with E-state index in [0.717, 1.165) is 0 Å². The number of hydrogen-bond donors (Lipinski definition) is 1. The SMILES string of the molecule is O=C(O)c1nc(-c2ccc(Cl)c(Cl)c2)ccc1Cl. The fourth-order valence-electron chi connectivity index (χ4n) is 1.41. The Hall–Kier alpha value is -1.29. The van der Waals surface area contributed by atoms with Gasteiger partial charge in [-0.2, -0.15) is 0 Å². The van der Waals surface area contributed by atoms with Crippen LogP contribution in [0.1, 0.15) is 10.5 Å². The Kier molecular flexibility index (Phi) is 3.76. The smallest absolute Gasteiger partial charge is 0.356 e. The number of carboxylic acid groups (broad SMARTS) is 1. The van der Waals surface area contributed by atoms with Crippen LogP contribution in [0.5, 0.6) is 0 Å². The van der Waals surface area contributed by atoms with Gasteiger partial charge in [0.15, 0.2) is 5.69 Å². The van der Waals surface area contributed by atoms with Gasteiger partial charge in [0.1, 0.15) is 0 Å². The number of aromatic nitrogens is 1. The summed E-state index contributed by atoms with van der Waals surface area (Å²) >= 11 is 17.4. The molecule has 6 heteroatoms. The zero-order valence-corrected chi connectivity index (χ0v) is 11.1. The first-order valence-electron chi connectivity index (χ1n) is 4.84. The lowest BCUT2D eigenvalue weighted by Gasteiger charge is -2.05. The molecule has 1 aromatic heterocycles. The van der Waals surface area contributed by atoms with E-state index < -0.39 is 5.97 Å². The highest BCUT2D eigenvalue weighted by atomic mass is 35.5. The molecule has 3 nitrogen and oxygen atoms in total. The van der Waals surface area contributed by atoms with Crippen molar-refractivity contribution in [3.8, 4) is 11.3 Å². The first-order valence-corrected chi connectivity index (χ1v) is 5.97. The highest BCUT2D eigenvalue weighted by molar-refractivity contribution is 6.42. The number of benzene rings is 1. The van der Waals surface area contributed by atoms with Gasteiger partial charge in [-0.25, -0.2) is 9.78 Å². The van der Waals surface area contributed by atoms with Crippen LogP contribution in [0.15, 0.2) is 30.3 Å². The summed E-state index contributed by atoms with van der Waals surface area (Å²) in [4.78, 5) is 14.9. The maximum atomic E-state index is 10.9. The highest BCUT2D eigenvalue weighted by Gasteiger charge is 2.12. The van der Waals surface area contributed by atoms with Crippen LogP contribution in [0.4, 0.5) is 0 Å². The van der Waals surface area contributed by atoms with E-state index in [-0.39, 0.29) is 10.7 Å². The number of rotatable bonds is 2. The second-order valence-corrected chi connectivity index (χ2v) is 4.68. The Morgan fingerprint density at radius 3 is 2.28 bits per heavy atom. The average molecular weight is 303 g/mol. The average Bonchev–Trinajstić information content (AvgIpc) is 2.33. The van der Waals surface area contributed by atoms with Crippen LogP contribution in [0.2, 0.25) is 15.1 Å². The molecule has 0 aliphatic rings. The van der Waals surface area contributed by atoms with E-state index in [1.54, 1.807) is 24.3 Å². The third-order valence-electron chi connectivity index (χ3n) is 2.26. The minimum atomic E-state index is -1.18. The fourth-order valence-corrected chi connectivity index (χ4v) is 1.89. The molecule has 18 heavy (non-hydrogen) atoms. The van der Waals surface area contributed by atoms with E-state index in [1.165, 1.54) is 6.07 Å². The van der Waals surface area contributed by atoms with Crippen molar-refractivity contribution in [2.24, 2.45) is 0 Å². The van der Waals surface area contributed by atoms with Crippen molar-refractivity contribution in [3.63, 3.8) is 0 Å². The van der Waals surface area contributed by atoms with Gasteiger partial charge in [-0.05, 0) is 24.3 Å². The van der Waals surface area contributed by atoms with E-state index in [2.05, 4.69) is 4.98 Å². The molecule has 1 N–H and O–H groups in total. The number of carbonyl (C=O) groups is 1. The summed E-state index contributed by atoms with van der Waals surface area (Å²) < 4.78 is 0. The molecule has 1 heterocycles. The van der Waals surface area contributed by atoms with Gasteiger partial charge >= 0.3 is 5.97 Å². The van der Waals surface area contributed by atoms with Gasteiger partial charge < -0.3 is 5.11 Å². The van der Waals surface area contributed by atoms with E-state index in [1.807, 2.05) is 0 Å². The molecular weight excluding hydrogens is 296 g/mol. The van der Waals surface area contributed by atoms with Crippen LogP contribution in [-0.2, 0) is 0 Å². The van der Waals surface area contributed by atoms with Crippen LogP contribution in [-0.4, -0.2) is 16.1 Å². The van der Waals surface area contributed by atoms with Gasteiger partial charge in [-0.3, -0.25) is 0 Å². The molecular formula is C12H6Cl3NO2. The number of nitrogens with zero attached hydrogens (tertiary/aromatic N) is 1. The maximum Gasteiger partial charge on any atom is 0.356 e. The molecule has 0 spiro atoms. The second-order valence-electron chi connectivity index (χ2n) is 3.46. The molecule has 92 valence electrons. The molecule has 2 aromatic rings. The summed E-state index contributed by atoms with van der Waals surface area (Å²) in [6.07, 6.45) is 0. The van der Waals surface area contributed by atoms with Crippen molar-refractivity contribution in [1.82, 2.24) is 4.98 Å². The summed E-state index contributed by atoms with van der Waals surface area (Å²) in [6, 6.07) is 8.04. The zero-order chi connectivity index (χ0) is 13.3. The van der Waals surface area contributed by atoms with Crippen molar-refractivity contribution in [3.05, 3.63) is 51.1 Å². The molecule has 0 atom stereocenters. The first-order chi connectivity index (χ1) is 8.49. The summed E-state index contributed by atoms with van der Waals surface area (Å²) in [7, 11) is 0. The Morgan fingerprint density at radius 2 is 1.67 bits per heavy atom. The predicted octanol–water partition coefficient (Wildman–Crippen LogP) is 4.41. The molecule has 0 amide bonds. The lowest BCUT2D eigenvalue weighted by atomic mass is 10.1. The quantitative estimate of drug-likeness (QED) is 0.894. The zero-order valence-electron chi connectivity index (χ0n) is 8.82. The summed E-state index contributed by atoms with van der Waals surface area (Å²) in [5.41, 5.74) is 0.944. The topological polar surface area (TPSA) is 50.2 Å². The Morgan fingerprint density at radius 1 is 1.00 bits per heavy atom. The van der Waals surface area contributed by atoms with Gasteiger partial charge in [0.05, 0.1) is 20.8 Å². The van der Waals surface area contributed by atoms with Crippen molar-refractivity contribution in [1.29, 1.82) is 0 Å². The van der Waals surface area contributed by atoms with Crippen molar-refractivity contribution >= 4 is 40.8 Å². The van der Waals surface area contributed by atoms with E-state index in [4.69, 9.17) is 39.9 Å². The lowest BCUT2D eigenvalue weighted by molar-refractivity contribution is 0.0691. The van der Waals surface area contributed by atoms with Crippen LogP contribution in [0, 0.1) is 0 Å². The number of aromatic carboxylic acids is 1. The number of pyridine rings is 1. The van der Waals surface area contributed by atoms with Crippen LogP contribution in [0.25, 0.3) is 11.3 Å². The monoisotopic (exact) mass is 301 g/mol. The Bertz CT molecular complexity index is 629. The largest absolute Gasteiger partial charge is 0.476 e. The molecule has 0 unspecified atom stereocenters. The molecule has 0 aliphatic heterocycles. The number of hydrogen-bond acceptors (Lipinski definition) is 2. The van der Waals surface area contributed by atoms with Crippen LogP contribution >= 0.6 is 34.8 Å². The second kappa shape index (κ2) is 5.14. The van der Waals surface area contributed by atoms with Gasteiger partial charge in [0, 0.05) is 5.56 Å². The van der Waals surface area contributed by atoms with Crippen molar-refractivity contribution < 1.29 is 9.90 Å². The minimum absolute atomic E-state index is 0.0892. The predicted molar refractivity (Wildman–Crippen MR) is 71.7 cm³/mol.